The van der Waals surface area contributed by atoms with Crippen LogP contribution in [0.3, 0.4) is 0 Å². The molecule has 0 spiro atoms. The average molecular weight is 297 g/mol. The van der Waals surface area contributed by atoms with Crippen LogP contribution < -0.4 is 0 Å². The summed E-state index contributed by atoms with van der Waals surface area (Å²) in [7, 11) is 0. The second-order valence-electron chi connectivity index (χ2n) is 0.620. The van der Waals surface area contributed by atoms with Gasteiger partial charge >= 0.3 is 0 Å². The van der Waals surface area contributed by atoms with Crippen molar-refractivity contribution in [1.82, 2.24) is 0 Å². The van der Waals surface area contributed by atoms with Crippen LogP contribution in [0.25, 0.3) is 0 Å². The first kappa shape index (κ1) is 10.4. The van der Waals surface area contributed by atoms with Crippen LogP contribution in [0, 0.1) is 0 Å². The van der Waals surface area contributed by atoms with E-state index in [1.807, 2.05) is 0 Å². The maximum Gasteiger partial charge on any atom is 0.275 e. The SMILES string of the molecule is O=C([S-])C(F)F.[Re]. The van der Waals surface area contributed by atoms with Gasteiger partial charge in [0.1, 0.15) is 0 Å². The summed E-state index contributed by atoms with van der Waals surface area (Å²) in [6.07, 6.45) is -2.97. The molecule has 0 aliphatic carbocycles. The Morgan fingerprint density at radius 1 is 1.57 bits per heavy atom. The van der Waals surface area contributed by atoms with Gasteiger partial charge in [0.05, 0.1) is 5.12 Å². The van der Waals surface area contributed by atoms with Crippen LogP contribution in [0.2, 0.25) is 0 Å². The Morgan fingerprint density at radius 2 is 1.71 bits per heavy atom. The van der Waals surface area contributed by atoms with Crippen LogP contribution in [-0.4, -0.2) is 11.5 Å². The van der Waals surface area contributed by atoms with Gasteiger partial charge in [-0.1, -0.05) is 0 Å². The van der Waals surface area contributed by atoms with Crippen LogP contribution in [0.5, 0.6) is 0 Å². The number of carbonyl (C=O) groups is 1. The number of hydrogen-bond donors (Lipinski definition) is 0. The molecule has 0 aliphatic rings. The van der Waals surface area contributed by atoms with Crippen molar-refractivity contribution in [2.75, 3.05) is 0 Å². The van der Waals surface area contributed by atoms with Crippen molar-refractivity contribution < 1.29 is 34.0 Å². The predicted molar refractivity (Wildman–Crippen MR) is 18.4 cm³/mol. The Balaban J connectivity index is 0. The van der Waals surface area contributed by atoms with Crippen molar-refractivity contribution in [3.63, 3.8) is 0 Å². The normalized spacial score (nSPS) is 7.86. The molecule has 0 aromatic rings. The zero-order valence-electron chi connectivity index (χ0n) is 3.03. The van der Waals surface area contributed by atoms with E-state index in [9.17, 15) is 13.6 Å². The van der Waals surface area contributed by atoms with E-state index < -0.39 is 11.5 Å². The van der Waals surface area contributed by atoms with Crippen LogP contribution in [0.15, 0.2) is 0 Å². The molecule has 0 atom stereocenters. The predicted octanol–water partition coefficient (Wildman–Crippen LogP) is 0.322. The molecule has 0 N–H and O–H groups in total. The maximum atomic E-state index is 10.7. The van der Waals surface area contributed by atoms with E-state index in [0.29, 0.717) is 0 Å². The van der Waals surface area contributed by atoms with Gasteiger partial charge in [-0.25, -0.2) is 8.78 Å². The van der Waals surface area contributed by atoms with E-state index in [0.717, 1.165) is 0 Å². The molecule has 0 amide bonds. The van der Waals surface area contributed by atoms with Crippen molar-refractivity contribution in [2.45, 2.75) is 6.43 Å². The van der Waals surface area contributed by atoms with Gasteiger partial charge in [-0.05, 0) is 0 Å². The molecular weight excluding hydrogens is 296 g/mol. The molecule has 0 unspecified atom stereocenters. The minimum atomic E-state index is -2.97. The minimum Gasteiger partial charge on any atom is -0.736 e. The molecule has 0 aromatic heterocycles. The van der Waals surface area contributed by atoms with E-state index in [1.165, 1.54) is 0 Å². The summed E-state index contributed by atoms with van der Waals surface area (Å²) in [5.41, 5.74) is 0. The fraction of sp³-hybridized carbons (Fsp3) is 0.500. The number of halogens is 2. The van der Waals surface area contributed by atoms with Crippen molar-refractivity contribution in [2.24, 2.45) is 0 Å². The van der Waals surface area contributed by atoms with Gasteiger partial charge in [0.2, 0.25) is 0 Å². The average Bonchev–Trinajstić information content (AvgIpc) is 1.36. The molecule has 0 rings (SSSR count). The van der Waals surface area contributed by atoms with Gasteiger partial charge < -0.3 is 17.4 Å². The first-order chi connectivity index (χ1) is 2.64. The summed E-state index contributed by atoms with van der Waals surface area (Å²) < 4.78 is 21.4. The van der Waals surface area contributed by atoms with Crippen LogP contribution >= 0.6 is 0 Å². The summed E-state index contributed by atoms with van der Waals surface area (Å²) in [5.74, 6) is 0. The number of rotatable bonds is 1. The largest absolute Gasteiger partial charge is 0.736 e. The van der Waals surface area contributed by atoms with E-state index in [-0.39, 0.29) is 20.4 Å². The van der Waals surface area contributed by atoms with Crippen molar-refractivity contribution in [1.29, 1.82) is 0 Å². The second kappa shape index (κ2) is 4.57. The molecule has 1 nitrogen and oxygen atoms in total. The summed E-state index contributed by atoms with van der Waals surface area (Å²) in [5, 5.41) is -1.49. The molecule has 43 valence electrons. The van der Waals surface area contributed by atoms with E-state index in [2.05, 4.69) is 12.6 Å². The quantitative estimate of drug-likeness (QED) is 0.649. The van der Waals surface area contributed by atoms with Crippen LogP contribution in [0.4, 0.5) is 8.78 Å². The number of alkyl halides is 2. The topological polar surface area (TPSA) is 17.1 Å². The Labute approximate surface area is 58.5 Å². The monoisotopic (exact) mass is 298 g/mol. The van der Waals surface area contributed by atoms with Crippen molar-refractivity contribution in [3.8, 4) is 0 Å². The first-order valence-corrected chi connectivity index (χ1v) is 1.54. The zero-order chi connectivity index (χ0) is 5.15. The third-order valence-electron chi connectivity index (χ3n) is 0.178. The summed E-state index contributed by atoms with van der Waals surface area (Å²) in [4.78, 5) is 9.21. The molecule has 0 bridgehead atoms. The van der Waals surface area contributed by atoms with Gasteiger partial charge in [0.25, 0.3) is 6.43 Å². The standard InChI is InChI=1S/C2H2F2OS.Re/c3-1(4)2(5)6;/h1H,(H,5,6);/p-1. The Kier molecular flexibility index (Phi) is 6.79. The first-order valence-electron chi connectivity index (χ1n) is 1.13. The van der Waals surface area contributed by atoms with Crippen LogP contribution in [0.1, 0.15) is 0 Å². The van der Waals surface area contributed by atoms with Crippen molar-refractivity contribution >= 4 is 17.7 Å². The number of carbonyl (C=O) groups excluding carboxylic acids is 1. The Morgan fingerprint density at radius 3 is 1.71 bits per heavy atom. The molecule has 7 heavy (non-hydrogen) atoms. The van der Waals surface area contributed by atoms with E-state index >= 15 is 0 Å². The van der Waals surface area contributed by atoms with Crippen LogP contribution in [-0.2, 0) is 37.8 Å². The minimum absolute atomic E-state index is 0. The Hall–Kier alpha value is 0.412. The van der Waals surface area contributed by atoms with E-state index in [1.54, 1.807) is 0 Å². The third kappa shape index (κ3) is 6.41. The molecule has 0 heterocycles. The summed E-state index contributed by atoms with van der Waals surface area (Å²) >= 11 is 3.51. The molecule has 5 heteroatoms. The second-order valence-corrected chi connectivity index (χ2v) is 1.02. The maximum absolute atomic E-state index is 10.7. The fourth-order valence-electron chi connectivity index (χ4n) is 0. The molecule has 0 saturated carbocycles. The van der Waals surface area contributed by atoms with Gasteiger partial charge in [0.15, 0.2) is 0 Å². The van der Waals surface area contributed by atoms with Gasteiger partial charge in [-0.3, -0.25) is 0 Å². The van der Waals surface area contributed by atoms with Gasteiger partial charge in [-0.15, -0.1) is 0 Å². The zero-order valence-corrected chi connectivity index (χ0v) is 6.56. The summed E-state index contributed by atoms with van der Waals surface area (Å²) in [6.45, 7) is 0. The molecule has 0 aromatic carbocycles. The molecule has 0 aliphatic heterocycles. The molecular formula is C2HF2OReS-. The van der Waals surface area contributed by atoms with Gasteiger partial charge in [-0.2, -0.15) is 0 Å². The third-order valence-corrected chi connectivity index (χ3v) is 0.356. The summed E-state index contributed by atoms with van der Waals surface area (Å²) in [6, 6.07) is 0. The number of hydrogen-bond acceptors (Lipinski definition) is 2. The molecule has 0 saturated heterocycles. The Bertz CT molecular complexity index is 66.7. The van der Waals surface area contributed by atoms with E-state index in [4.69, 9.17) is 0 Å². The fourth-order valence-corrected chi connectivity index (χ4v) is 0. The van der Waals surface area contributed by atoms with Crippen molar-refractivity contribution in [3.05, 3.63) is 0 Å². The smallest absolute Gasteiger partial charge is 0.275 e. The molecule has 0 fully saturated rings. The molecule has 1 radical (unpaired) electrons. The van der Waals surface area contributed by atoms with Gasteiger partial charge in [0, 0.05) is 20.4 Å².